The monoisotopic (exact) mass is 267 g/mol. The molecule has 3 nitrogen and oxygen atoms in total. The molecule has 0 saturated heterocycles. The van der Waals surface area contributed by atoms with Gasteiger partial charge in [0.15, 0.2) is 5.82 Å². The Morgan fingerprint density at radius 2 is 2.12 bits per heavy atom. The fourth-order valence-corrected chi connectivity index (χ4v) is 2.55. The van der Waals surface area contributed by atoms with Crippen molar-refractivity contribution in [3.8, 4) is 0 Å². The van der Waals surface area contributed by atoms with Crippen LogP contribution in [0.3, 0.4) is 0 Å². The second-order valence-corrected chi connectivity index (χ2v) is 5.59. The quantitative estimate of drug-likeness (QED) is 0.831. The van der Waals surface area contributed by atoms with Crippen LogP contribution in [0.1, 0.15) is 22.7 Å². The summed E-state index contributed by atoms with van der Waals surface area (Å²) < 4.78 is 0. The number of nitrogens with two attached hydrogens (primary N) is 1. The van der Waals surface area contributed by atoms with Crippen LogP contribution < -0.4 is 11.1 Å². The molecule has 1 atom stereocenters. The van der Waals surface area contributed by atoms with Crippen LogP contribution in [-0.2, 0) is 0 Å². The fraction of sp³-hybridized carbons (Fsp3) is 0.250. The first-order chi connectivity index (χ1) is 8.06. The lowest BCUT2D eigenvalue weighted by atomic mass is 10.2. The Hall–Kier alpha value is -1.26. The third-order valence-electron chi connectivity index (χ3n) is 2.43. The van der Waals surface area contributed by atoms with Crippen molar-refractivity contribution in [2.45, 2.75) is 19.9 Å². The number of thiophene rings is 1. The third-order valence-corrected chi connectivity index (χ3v) is 3.83. The molecule has 0 fully saturated rings. The average molecular weight is 268 g/mol. The number of nitrogen functional groups attached to an aromatic ring is 1. The number of aromatic nitrogens is 1. The van der Waals surface area contributed by atoms with Gasteiger partial charge in [0.2, 0.25) is 0 Å². The van der Waals surface area contributed by atoms with Gasteiger partial charge in [0, 0.05) is 9.75 Å². The van der Waals surface area contributed by atoms with Crippen molar-refractivity contribution in [1.29, 1.82) is 0 Å². The Bertz CT molecular complexity index is 524. The maximum Gasteiger partial charge on any atom is 0.151 e. The molecule has 0 aromatic carbocycles. The zero-order valence-corrected chi connectivity index (χ0v) is 11.3. The van der Waals surface area contributed by atoms with Crippen molar-refractivity contribution < 1.29 is 0 Å². The van der Waals surface area contributed by atoms with E-state index in [1.54, 1.807) is 23.5 Å². The highest BCUT2D eigenvalue weighted by atomic mass is 35.5. The molecule has 2 heterocycles. The summed E-state index contributed by atoms with van der Waals surface area (Å²) in [6.45, 7) is 4.17. The number of anilines is 2. The molecule has 0 aliphatic rings. The molecule has 5 heteroatoms. The van der Waals surface area contributed by atoms with E-state index in [9.17, 15) is 0 Å². The van der Waals surface area contributed by atoms with E-state index in [2.05, 4.69) is 36.3 Å². The summed E-state index contributed by atoms with van der Waals surface area (Å²) in [7, 11) is 0. The van der Waals surface area contributed by atoms with Gasteiger partial charge in [0.05, 0.1) is 11.7 Å². The van der Waals surface area contributed by atoms with Gasteiger partial charge in [0.25, 0.3) is 0 Å². The molecule has 0 radical (unpaired) electrons. The van der Waals surface area contributed by atoms with Crippen LogP contribution in [0.5, 0.6) is 0 Å². The van der Waals surface area contributed by atoms with Crippen LogP contribution >= 0.6 is 22.9 Å². The minimum atomic E-state index is 0.168. The lowest BCUT2D eigenvalue weighted by Gasteiger charge is -2.14. The van der Waals surface area contributed by atoms with Crippen molar-refractivity contribution in [1.82, 2.24) is 4.98 Å². The molecule has 17 heavy (non-hydrogen) atoms. The van der Waals surface area contributed by atoms with Crippen molar-refractivity contribution in [2.75, 3.05) is 11.1 Å². The van der Waals surface area contributed by atoms with Crippen molar-refractivity contribution >= 4 is 34.4 Å². The Morgan fingerprint density at radius 1 is 1.35 bits per heavy atom. The topological polar surface area (TPSA) is 50.9 Å². The van der Waals surface area contributed by atoms with Crippen LogP contribution in [0.2, 0.25) is 5.15 Å². The van der Waals surface area contributed by atoms with E-state index in [0.29, 0.717) is 16.7 Å². The standard InChI is InChI=1S/C12H14ClN3S/c1-7-3-5-10(17-7)8(2)15-12-9(14)4-6-11(13)16-12/h3-6,8H,14H2,1-2H3,(H,15,16). The Balaban J connectivity index is 2.18. The summed E-state index contributed by atoms with van der Waals surface area (Å²) >= 11 is 7.61. The summed E-state index contributed by atoms with van der Waals surface area (Å²) in [6, 6.07) is 7.82. The highest BCUT2D eigenvalue weighted by Crippen LogP contribution is 2.27. The van der Waals surface area contributed by atoms with Gasteiger partial charge in [-0.1, -0.05) is 11.6 Å². The Kier molecular flexibility index (Phi) is 3.54. The number of aryl methyl sites for hydroxylation is 1. The number of pyridine rings is 1. The number of rotatable bonds is 3. The number of halogens is 1. The minimum Gasteiger partial charge on any atom is -0.396 e. The van der Waals surface area contributed by atoms with Crippen LogP contribution in [0.4, 0.5) is 11.5 Å². The van der Waals surface area contributed by atoms with Gasteiger partial charge in [-0.15, -0.1) is 11.3 Å². The summed E-state index contributed by atoms with van der Waals surface area (Å²) in [5.41, 5.74) is 6.45. The molecule has 2 rings (SSSR count). The van der Waals surface area contributed by atoms with E-state index >= 15 is 0 Å². The molecule has 1 unspecified atom stereocenters. The van der Waals surface area contributed by atoms with Crippen molar-refractivity contribution in [3.63, 3.8) is 0 Å². The van der Waals surface area contributed by atoms with Crippen LogP contribution in [0.15, 0.2) is 24.3 Å². The van der Waals surface area contributed by atoms with Gasteiger partial charge in [0.1, 0.15) is 5.15 Å². The molecule has 2 aromatic heterocycles. The number of nitrogens with zero attached hydrogens (tertiary/aromatic N) is 1. The predicted octanol–water partition coefficient (Wildman–Crippen LogP) is 3.86. The van der Waals surface area contributed by atoms with Crippen LogP contribution in [0, 0.1) is 6.92 Å². The maximum atomic E-state index is 5.85. The zero-order chi connectivity index (χ0) is 12.4. The van der Waals surface area contributed by atoms with Crippen molar-refractivity contribution in [3.05, 3.63) is 39.2 Å². The lowest BCUT2D eigenvalue weighted by Crippen LogP contribution is -2.08. The normalized spacial score (nSPS) is 12.4. The molecule has 0 aliphatic carbocycles. The molecule has 0 aliphatic heterocycles. The first-order valence-corrected chi connectivity index (χ1v) is 6.50. The van der Waals surface area contributed by atoms with Gasteiger partial charge < -0.3 is 11.1 Å². The number of hydrogen-bond acceptors (Lipinski definition) is 4. The summed E-state index contributed by atoms with van der Waals surface area (Å²) in [6.07, 6.45) is 0. The van der Waals surface area contributed by atoms with Gasteiger partial charge in [-0.25, -0.2) is 4.98 Å². The summed E-state index contributed by atoms with van der Waals surface area (Å²) in [4.78, 5) is 6.72. The van der Waals surface area contributed by atoms with E-state index in [1.807, 2.05) is 0 Å². The van der Waals surface area contributed by atoms with Crippen LogP contribution in [0.25, 0.3) is 0 Å². The Labute approximate surface area is 110 Å². The molecule has 90 valence electrons. The minimum absolute atomic E-state index is 0.168. The highest BCUT2D eigenvalue weighted by molar-refractivity contribution is 7.12. The second-order valence-electron chi connectivity index (χ2n) is 3.89. The molecule has 0 spiro atoms. The van der Waals surface area contributed by atoms with Gasteiger partial charge in [-0.05, 0) is 38.1 Å². The van der Waals surface area contributed by atoms with E-state index in [-0.39, 0.29) is 6.04 Å². The number of hydrogen-bond donors (Lipinski definition) is 2. The van der Waals surface area contributed by atoms with Crippen LogP contribution in [-0.4, -0.2) is 4.98 Å². The van der Waals surface area contributed by atoms with Gasteiger partial charge in [-0.3, -0.25) is 0 Å². The van der Waals surface area contributed by atoms with E-state index < -0.39 is 0 Å². The van der Waals surface area contributed by atoms with E-state index in [4.69, 9.17) is 17.3 Å². The highest BCUT2D eigenvalue weighted by Gasteiger charge is 2.10. The molecule has 0 saturated carbocycles. The largest absolute Gasteiger partial charge is 0.396 e. The first-order valence-electron chi connectivity index (χ1n) is 5.31. The fourth-order valence-electron chi connectivity index (χ4n) is 1.52. The average Bonchev–Trinajstić information content (AvgIpc) is 2.70. The molecule has 0 amide bonds. The third kappa shape index (κ3) is 2.90. The second kappa shape index (κ2) is 4.94. The van der Waals surface area contributed by atoms with Crippen molar-refractivity contribution in [2.24, 2.45) is 0 Å². The van der Waals surface area contributed by atoms with E-state index in [0.717, 1.165) is 0 Å². The predicted molar refractivity (Wildman–Crippen MR) is 74.8 cm³/mol. The van der Waals surface area contributed by atoms with E-state index in [1.165, 1.54) is 9.75 Å². The SMILES string of the molecule is Cc1ccc(C(C)Nc2nc(Cl)ccc2N)s1. The zero-order valence-electron chi connectivity index (χ0n) is 9.70. The molecule has 2 aromatic rings. The molecule has 0 bridgehead atoms. The Morgan fingerprint density at radius 3 is 2.76 bits per heavy atom. The smallest absolute Gasteiger partial charge is 0.151 e. The lowest BCUT2D eigenvalue weighted by molar-refractivity contribution is 0.897. The molecule has 3 N–H and O–H groups in total. The maximum absolute atomic E-state index is 5.85. The summed E-state index contributed by atoms with van der Waals surface area (Å²) in [5, 5.41) is 3.71. The van der Waals surface area contributed by atoms with Gasteiger partial charge in [-0.2, -0.15) is 0 Å². The first kappa shape index (κ1) is 12.2. The van der Waals surface area contributed by atoms with Gasteiger partial charge >= 0.3 is 0 Å². The molecular weight excluding hydrogens is 254 g/mol. The molecular formula is C12H14ClN3S. The number of nitrogens with one attached hydrogen (secondary N) is 1. The summed E-state index contributed by atoms with van der Waals surface area (Å²) in [5.74, 6) is 0.635.